The molecule has 4 rings (SSSR count). The maximum atomic E-state index is 13.3. The average Bonchev–Trinajstić information content (AvgIpc) is 2.84. The van der Waals surface area contributed by atoms with Gasteiger partial charge in [-0.1, -0.05) is 37.3 Å². The van der Waals surface area contributed by atoms with Crippen LogP contribution in [0.2, 0.25) is 0 Å². The summed E-state index contributed by atoms with van der Waals surface area (Å²) in [5.41, 5.74) is 0.710. The van der Waals surface area contributed by atoms with Crippen molar-refractivity contribution >= 4 is 11.9 Å². The maximum Gasteiger partial charge on any atom is 0.416 e. The molecule has 3 N–H and O–H groups in total. The first-order chi connectivity index (χ1) is 16.7. The second kappa shape index (κ2) is 9.76. The molecule has 0 amide bonds. The standard InChI is InChI=1S/C26H24F3N5O/c1-15-6-8-17(9-7-15)16(2)32-25-31-11-10-22(33-25)21-13-19(14-30)24(35)34-23(21)18-4-3-5-20(12-18)26(27,28)29/h3-6,8-13,15-16,25,32-33H,7H2,1-2H3,(H,34,35)/t15?,16-,25?/m0/s1. The molecule has 2 aliphatic rings. The summed E-state index contributed by atoms with van der Waals surface area (Å²) < 4.78 is 39.9. The maximum absolute atomic E-state index is 13.3. The van der Waals surface area contributed by atoms with Gasteiger partial charge in [-0.3, -0.25) is 15.1 Å². The smallest absolute Gasteiger partial charge is 0.351 e. The number of aromatic nitrogens is 1. The Morgan fingerprint density at radius 3 is 2.77 bits per heavy atom. The number of nitrogens with one attached hydrogen (secondary N) is 3. The molecule has 2 unspecified atom stereocenters. The second-order valence-corrected chi connectivity index (χ2v) is 8.58. The zero-order chi connectivity index (χ0) is 25.2. The van der Waals surface area contributed by atoms with E-state index in [9.17, 15) is 23.2 Å². The molecule has 0 saturated carbocycles. The van der Waals surface area contributed by atoms with E-state index in [-0.39, 0.29) is 22.9 Å². The molecule has 9 heteroatoms. The van der Waals surface area contributed by atoms with Crippen molar-refractivity contribution in [2.75, 3.05) is 0 Å². The van der Waals surface area contributed by atoms with Crippen molar-refractivity contribution in [3.63, 3.8) is 0 Å². The van der Waals surface area contributed by atoms with Crippen LogP contribution in [0, 0.1) is 17.2 Å². The van der Waals surface area contributed by atoms with Gasteiger partial charge < -0.3 is 10.3 Å². The molecule has 35 heavy (non-hydrogen) atoms. The van der Waals surface area contributed by atoms with Crippen LogP contribution in [0.15, 0.2) is 70.0 Å². The van der Waals surface area contributed by atoms with Crippen LogP contribution in [0.3, 0.4) is 0 Å². The number of nitriles is 1. The monoisotopic (exact) mass is 479 g/mol. The molecule has 180 valence electrons. The largest absolute Gasteiger partial charge is 0.416 e. The summed E-state index contributed by atoms with van der Waals surface area (Å²) in [5.74, 6) is 0.496. The normalized spacial score (nSPS) is 20.5. The second-order valence-electron chi connectivity index (χ2n) is 8.58. The summed E-state index contributed by atoms with van der Waals surface area (Å²) in [6.07, 6.45) is 5.54. The van der Waals surface area contributed by atoms with Crippen LogP contribution >= 0.6 is 0 Å². The molecule has 0 fully saturated rings. The van der Waals surface area contributed by atoms with Gasteiger partial charge in [-0.05, 0) is 54.7 Å². The van der Waals surface area contributed by atoms with E-state index >= 15 is 0 Å². The lowest BCUT2D eigenvalue weighted by molar-refractivity contribution is -0.137. The lowest BCUT2D eigenvalue weighted by atomic mass is 9.95. The molecule has 3 atom stereocenters. The minimum absolute atomic E-state index is 0.0130. The molecule has 2 aromatic rings. The Hall–Kier alpha value is -3.90. The number of allylic oxidation sites excluding steroid dienone is 3. The van der Waals surface area contributed by atoms with Crippen LogP contribution in [-0.4, -0.2) is 23.5 Å². The molecular weight excluding hydrogens is 455 g/mol. The first-order valence-electron chi connectivity index (χ1n) is 11.2. The summed E-state index contributed by atoms with van der Waals surface area (Å²) in [5, 5.41) is 16.0. The zero-order valence-electron chi connectivity index (χ0n) is 19.1. The van der Waals surface area contributed by atoms with Crippen molar-refractivity contribution in [3.05, 3.63) is 87.3 Å². The van der Waals surface area contributed by atoms with Crippen LogP contribution in [0.5, 0.6) is 0 Å². The van der Waals surface area contributed by atoms with Gasteiger partial charge in [0.15, 0.2) is 6.29 Å². The van der Waals surface area contributed by atoms with E-state index in [4.69, 9.17) is 0 Å². The third-order valence-corrected chi connectivity index (χ3v) is 5.95. The van der Waals surface area contributed by atoms with E-state index in [0.29, 0.717) is 17.2 Å². The topological polar surface area (TPSA) is 93.1 Å². The first kappa shape index (κ1) is 24.2. The molecule has 0 saturated heterocycles. The third-order valence-electron chi connectivity index (χ3n) is 5.95. The molecular formula is C26H24F3N5O. The summed E-state index contributed by atoms with van der Waals surface area (Å²) >= 11 is 0. The highest BCUT2D eigenvalue weighted by atomic mass is 19.4. The summed E-state index contributed by atoms with van der Waals surface area (Å²) in [6.45, 7) is 4.16. The Balaban J connectivity index is 1.66. The highest BCUT2D eigenvalue weighted by molar-refractivity contribution is 5.89. The Kier molecular flexibility index (Phi) is 6.76. The number of alkyl halides is 3. The lowest BCUT2D eigenvalue weighted by Gasteiger charge is -2.27. The molecule has 0 radical (unpaired) electrons. The third kappa shape index (κ3) is 5.44. The van der Waals surface area contributed by atoms with E-state index in [1.165, 1.54) is 18.2 Å². The van der Waals surface area contributed by atoms with E-state index in [2.05, 4.69) is 45.8 Å². The lowest BCUT2D eigenvalue weighted by Crippen LogP contribution is -2.46. The van der Waals surface area contributed by atoms with Gasteiger partial charge in [-0.2, -0.15) is 18.4 Å². The summed E-state index contributed by atoms with van der Waals surface area (Å²) in [4.78, 5) is 19.4. The Bertz CT molecular complexity index is 1340. The van der Waals surface area contributed by atoms with Crippen molar-refractivity contribution in [1.82, 2.24) is 15.6 Å². The fourth-order valence-electron chi connectivity index (χ4n) is 3.99. The highest BCUT2D eigenvalue weighted by Crippen LogP contribution is 2.33. The van der Waals surface area contributed by atoms with E-state index in [1.807, 2.05) is 13.0 Å². The number of H-pyrrole nitrogens is 1. The number of pyridine rings is 1. The fraction of sp³-hybridized carbons (Fsp3) is 0.269. The van der Waals surface area contributed by atoms with Gasteiger partial charge in [0, 0.05) is 23.5 Å². The Labute approximate surface area is 200 Å². The van der Waals surface area contributed by atoms with E-state index < -0.39 is 23.6 Å². The fourth-order valence-corrected chi connectivity index (χ4v) is 3.99. The van der Waals surface area contributed by atoms with Crippen molar-refractivity contribution in [1.29, 1.82) is 5.26 Å². The zero-order valence-corrected chi connectivity index (χ0v) is 19.1. The first-order valence-corrected chi connectivity index (χ1v) is 11.2. The number of nitrogens with zero attached hydrogens (tertiary/aromatic N) is 2. The van der Waals surface area contributed by atoms with Gasteiger partial charge in [0.05, 0.1) is 11.3 Å². The minimum Gasteiger partial charge on any atom is -0.351 e. The minimum atomic E-state index is -4.54. The molecule has 1 aliphatic heterocycles. The number of aromatic amines is 1. The Morgan fingerprint density at radius 2 is 2.09 bits per heavy atom. The van der Waals surface area contributed by atoms with Crippen LogP contribution < -0.4 is 16.2 Å². The molecule has 1 aliphatic carbocycles. The number of aliphatic imine (C=N–C) groups is 1. The van der Waals surface area contributed by atoms with Crippen LogP contribution in [0.1, 0.15) is 37.0 Å². The number of benzene rings is 1. The molecule has 0 bridgehead atoms. The quantitative estimate of drug-likeness (QED) is 0.578. The highest BCUT2D eigenvalue weighted by Gasteiger charge is 2.31. The van der Waals surface area contributed by atoms with Gasteiger partial charge >= 0.3 is 6.18 Å². The summed E-state index contributed by atoms with van der Waals surface area (Å²) in [6, 6.07) is 7.89. The van der Waals surface area contributed by atoms with Crippen molar-refractivity contribution in [3.8, 4) is 17.3 Å². The molecule has 2 heterocycles. The molecule has 0 spiro atoms. The molecule has 1 aromatic carbocycles. The predicted molar refractivity (Wildman–Crippen MR) is 129 cm³/mol. The van der Waals surface area contributed by atoms with Crippen molar-refractivity contribution in [2.45, 2.75) is 38.8 Å². The van der Waals surface area contributed by atoms with E-state index in [0.717, 1.165) is 24.1 Å². The van der Waals surface area contributed by atoms with Crippen molar-refractivity contribution < 1.29 is 13.2 Å². The van der Waals surface area contributed by atoms with Gasteiger partial charge in [0.25, 0.3) is 5.56 Å². The number of hydrogen-bond acceptors (Lipinski definition) is 5. The van der Waals surface area contributed by atoms with Gasteiger partial charge in [-0.15, -0.1) is 0 Å². The number of hydrogen-bond donors (Lipinski definition) is 3. The summed E-state index contributed by atoms with van der Waals surface area (Å²) in [7, 11) is 0. The van der Waals surface area contributed by atoms with Gasteiger partial charge in [0.1, 0.15) is 11.6 Å². The van der Waals surface area contributed by atoms with Gasteiger partial charge in [-0.25, -0.2) is 0 Å². The predicted octanol–water partition coefficient (Wildman–Crippen LogP) is 4.73. The molecule has 1 aromatic heterocycles. The van der Waals surface area contributed by atoms with Crippen LogP contribution in [-0.2, 0) is 6.18 Å². The average molecular weight is 480 g/mol. The van der Waals surface area contributed by atoms with Crippen molar-refractivity contribution in [2.24, 2.45) is 10.9 Å². The van der Waals surface area contributed by atoms with Crippen LogP contribution in [0.4, 0.5) is 13.2 Å². The SMILES string of the molecule is CC1C=CC([C@H](C)NC2N=CC=C(c3cc(C#N)c(=O)[nH]c3-c3cccc(C(F)(F)F)c3)N2)=CC1. The number of rotatable bonds is 5. The number of halogens is 3. The van der Waals surface area contributed by atoms with E-state index in [1.54, 1.807) is 12.3 Å². The van der Waals surface area contributed by atoms with Crippen LogP contribution in [0.25, 0.3) is 17.0 Å². The molecule has 6 nitrogen and oxygen atoms in total. The van der Waals surface area contributed by atoms with Gasteiger partial charge in [0.2, 0.25) is 0 Å². The Morgan fingerprint density at radius 1 is 1.29 bits per heavy atom.